The van der Waals surface area contributed by atoms with E-state index in [1.54, 1.807) is 4.68 Å². The van der Waals surface area contributed by atoms with E-state index in [0.29, 0.717) is 5.69 Å². The maximum Gasteiger partial charge on any atom is 0.285 e. The monoisotopic (exact) mass is 222 g/mol. The van der Waals surface area contributed by atoms with E-state index in [1.165, 1.54) is 0 Å². The van der Waals surface area contributed by atoms with E-state index in [9.17, 15) is 4.79 Å². The maximum absolute atomic E-state index is 11.5. The van der Waals surface area contributed by atoms with Crippen LogP contribution in [0.4, 0.5) is 0 Å². The van der Waals surface area contributed by atoms with E-state index in [0.717, 1.165) is 30.5 Å². The van der Waals surface area contributed by atoms with E-state index < -0.39 is 0 Å². The van der Waals surface area contributed by atoms with E-state index >= 15 is 0 Å². The van der Waals surface area contributed by atoms with Crippen LogP contribution in [0.15, 0.2) is 0 Å². The summed E-state index contributed by atoms with van der Waals surface area (Å²) in [6.45, 7) is 4.48. The summed E-state index contributed by atoms with van der Waals surface area (Å²) >= 11 is 0. The summed E-state index contributed by atoms with van der Waals surface area (Å²) in [5.74, 6) is 4.86. The van der Waals surface area contributed by atoms with Gasteiger partial charge in [-0.2, -0.15) is 5.10 Å². The molecule has 1 aromatic rings. The minimum Gasteiger partial charge on any atom is -0.289 e. The van der Waals surface area contributed by atoms with Crippen molar-refractivity contribution in [2.75, 3.05) is 0 Å². The van der Waals surface area contributed by atoms with Gasteiger partial charge in [0.25, 0.3) is 5.91 Å². The van der Waals surface area contributed by atoms with E-state index in [1.807, 2.05) is 7.05 Å². The first-order chi connectivity index (χ1) is 7.44. The number of nitrogens with two attached hydrogens (primary N) is 1. The molecule has 5 heteroatoms. The number of fused-ring (bicyclic) bond motifs is 1. The third-order valence-electron chi connectivity index (χ3n) is 3.32. The largest absolute Gasteiger partial charge is 0.289 e. The fourth-order valence-corrected chi connectivity index (χ4v) is 2.34. The number of nitrogens with zero attached hydrogens (tertiary/aromatic N) is 2. The molecule has 0 saturated heterocycles. The van der Waals surface area contributed by atoms with Crippen LogP contribution in [-0.4, -0.2) is 15.7 Å². The molecule has 1 amide bonds. The fraction of sp³-hybridized carbons (Fsp3) is 0.636. The number of hydrogen-bond acceptors (Lipinski definition) is 3. The van der Waals surface area contributed by atoms with Crippen molar-refractivity contribution in [2.24, 2.45) is 18.3 Å². The molecule has 3 N–H and O–H groups in total. The number of aryl methyl sites for hydroxylation is 1. The quantitative estimate of drug-likeness (QED) is 0.414. The van der Waals surface area contributed by atoms with E-state index in [4.69, 9.17) is 5.84 Å². The number of carbonyl (C=O) groups is 1. The van der Waals surface area contributed by atoms with Crippen molar-refractivity contribution in [3.63, 3.8) is 0 Å². The van der Waals surface area contributed by atoms with Crippen LogP contribution in [0.2, 0.25) is 0 Å². The lowest BCUT2D eigenvalue weighted by molar-refractivity contribution is 0.0946. The minimum atomic E-state index is -0.295. The molecule has 88 valence electrons. The Kier molecular flexibility index (Phi) is 2.50. The Morgan fingerprint density at radius 3 is 2.88 bits per heavy atom. The number of hydrazine groups is 1. The molecule has 1 heterocycles. The van der Waals surface area contributed by atoms with Gasteiger partial charge in [-0.1, -0.05) is 13.8 Å². The van der Waals surface area contributed by atoms with Gasteiger partial charge in [-0.15, -0.1) is 0 Å². The zero-order valence-electron chi connectivity index (χ0n) is 10.0. The second-order valence-corrected chi connectivity index (χ2v) is 5.21. The predicted octanol–water partition coefficient (Wildman–Crippen LogP) is 0.538. The molecular weight excluding hydrogens is 204 g/mol. The first kappa shape index (κ1) is 11.1. The molecule has 16 heavy (non-hydrogen) atoms. The molecule has 1 aliphatic rings. The average molecular weight is 222 g/mol. The number of rotatable bonds is 1. The zero-order valence-corrected chi connectivity index (χ0v) is 10.0. The van der Waals surface area contributed by atoms with Crippen molar-refractivity contribution in [1.29, 1.82) is 0 Å². The molecule has 0 bridgehead atoms. The SMILES string of the molecule is Cn1nc(C(=O)NN)c2c1CC(C)(C)CC2. The summed E-state index contributed by atoms with van der Waals surface area (Å²) in [7, 11) is 1.88. The van der Waals surface area contributed by atoms with Gasteiger partial charge in [-0.3, -0.25) is 14.9 Å². The van der Waals surface area contributed by atoms with Crippen molar-refractivity contribution in [3.05, 3.63) is 17.0 Å². The van der Waals surface area contributed by atoms with Crippen LogP contribution in [0.25, 0.3) is 0 Å². The highest BCUT2D eigenvalue weighted by atomic mass is 16.2. The summed E-state index contributed by atoms with van der Waals surface area (Å²) in [5, 5.41) is 4.25. The summed E-state index contributed by atoms with van der Waals surface area (Å²) in [4.78, 5) is 11.5. The first-order valence-electron chi connectivity index (χ1n) is 5.50. The molecule has 0 spiro atoms. The van der Waals surface area contributed by atoms with Gasteiger partial charge in [0, 0.05) is 18.3 Å². The number of aromatic nitrogens is 2. The highest BCUT2D eigenvalue weighted by molar-refractivity contribution is 5.93. The van der Waals surface area contributed by atoms with Gasteiger partial charge in [0.05, 0.1) is 0 Å². The van der Waals surface area contributed by atoms with Crippen LogP contribution >= 0.6 is 0 Å². The number of nitrogen functional groups attached to an aromatic ring is 1. The molecule has 1 aromatic heterocycles. The van der Waals surface area contributed by atoms with Crippen molar-refractivity contribution in [1.82, 2.24) is 15.2 Å². The molecule has 0 aliphatic heterocycles. The maximum atomic E-state index is 11.5. The summed E-state index contributed by atoms with van der Waals surface area (Å²) in [6, 6.07) is 0. The van der Waals surface area contributed by atoms with Gasteiger partial charge in [-0.25, -0.2) is 5.84 Å². The molecule has 0 radical (unpaired) electrons. The van der Waals surface area contributed by atoms with Crippen molar-refractivity contribution < 1.29 is 4.79 Å². The molecular formula is C11H18N4O. The Morgan fingerprint density at radius 2 is 2.25 bits per heavy atom. The molecule has 2 rings (SSSR count). The lowest BCUT2D eigenvalue weighted by Crippen LogP contribution is -2.31. The highest BCUT2D eigenvalue weighted by Crippen LogP contribution is 2.35. The average Bonchev–Trinajstić information content (AvgIpc) is 2.53. The van der Waals surface area contributed by atoms with Crippen LogP contribution in [0.1, 0.15) is 42.0 Å². The number of nitrogens with one attached hydrogen (secondary N) is 1. The van der Waals surface area contributed by atoms with Crippen molar-refractivity contribution >= 4 is 5.91 Å². The standard InChI is InChI=1S/C11H18N4O/c1-11(2)5-4-7-8(6-11)15(3)14-9(7)10(16)13-12/h4-6,12H2,1-3H3,(H,13,16). The predicted molar refractivity (Wildman–Crippen MR) is 60.7 cm³/mol. The molecule has 5 nitrogen and oxygen atoms in total. The number of hydrogen-bond donors (Lipinski definition) is 2. The number of amides is 1. The molecule has 0 fully saturated rings. The summed E-state index contributed by atoms with van der Waals surface area (Å²) in [5.41, 5.74) is 5.14. The summed E-state index contributed by atoms with van der Waals surface area (Å²) < 4.78 is 1.81. The molecule has 0 aromatic carbocycles. The third-order valence-corrected chi connectivity index (χ3v) is 3.32. The van der Waals surface area contributed by atoms with Gasteiger partial charge in [-0.05, 0) is 24.7 Å². The van der Waals surface area contributed by atoms with Crippen LogP contribution in [-0.2, 0) is 19.9 Å². The fourth-order valence-electron chi connectivity index (χ4n) is 2.34. The van der Waals surface area contributed by atoms with Crippen LogP contribution in [0, 0.1) is 5.41 Å². The second-order valence-electron chi connectivity index (χ2n) is 5.21. The van der Waals surface area contributed by atoms with Crippen LogP contribution < -0.4 is 11.3 Å². The topological polar surface area (TPSA) is 72.9 Å². The Labute approximate surface area is 95.0 Å². The lowest BCUT2D eigenvalue weighted by atomic mass is 9.76. The van der Waals surface area contributed by atoms with Gasteiger partial charge >= 0.3 is 0 Å². The van der Waals surface area contributed by atoms with Gasteiger partial charge in [0.15, 0.2) is 5.69 Å². The number of carbonyl (C=O) groups excluding carboxylic acids is 1. The normalized spacial score (nSPS) is 18.0. The van der Waals surface area contributed by atoms with Crippen molar-refractivity contribution in [2.45, 2.75) is 33.1 Å². The smallest absolute Gasteiger partial charge is 0.285 e. The molecule has 0 unspecified atom stereocenters. The van der Waals surface area contributed by atoms with Crippen LogP contribution in [0.3, 0.4) is 0 Å². The Bertz CT molecular complexity index is 433. The van der Waals surface area contributed by atoms with Crippen LogP contribution in [0.5, 0.6) is 0 Å². The Morgan fingerprint density at radius 1 is 1.56 bits per heavy atom. The van der Waals surface area contributed by atoms with Gasteiger partial charge in [0.2, 0.25) is 0 Å². The van der Waals surface area contributed by atoms with Crippen molar-refractivity contribution in [3.8, 4) is 0 Å². The van der Waals surface area contributed by atoms with Gasteiger partial charge in [0.1, 0.15) is 0 Å². The first-order valence-corrected chi connectivity index (χ1v) is 5.50. The Hall–Kier alpha value is -1.36. The summed E-state index contributed by atoms with van der Waals surface area (Å²) in [6.07, 6.45) is 2.94. The van der Waals surface area contributed by atoms with Gasteiger partial charge < -0.3 is 0 Å². The minimum absolute atomic E-state index is 0.289. The Balaban J connectivity index is 2.44. The van der Waals surface area contributed by atoms with E-state index in [-0.39, 0.29) is 11.3 Å². The second kappa shape index (κ2) is 3.59. The highest BCUT2D eigenvalue weighted by Gasteiger charge is 2.31. The molecule has 0 atom stereocenters. The molecule has 0 saturated carbocycles. The third kappa shape index (κ3) is 1.71. The van der Waals surface area contributed by atoms with E-state index in [2.05, 4.69) is 24.4 Å². The zero-order chi connectivity index (χ0) is 11.9. The molecule has 1 aliphatic carbocycles. The lowest BCUT2D eigenvalue weighted by Gasteiger charge is -2.29.